The molecule has 0 bridgehead atoms. The van der Waals surface area contributed by atoms with Gasteiger partial charge in [-0.2, -0.15) is 0 Å². The van der Waals surface area contributed by atoms with Crippen LogP contribution in [0.3, 0.4) is 0 Å². The zero-order chi connectivity index (χ0) is 18.0. The van der Waals surface area contributed by atoms with Crippen LogP contribution in [0.25, 0.3) is 11.0 Å². The van der Waals surface area contributed by atoms with E-state index < -0.39 is 0 Å². The molecule has 0 saturated carbocycles. The highest BCUT2D eigenvalue weighted by molar-refractivity contribution is 5.94. The minimum absolute atomic E-state index is 0.0979. The fourth-order valence-corrected chi connectivity index (χ4v) is 2.78. The summed E-state index contributed by atoms with van der Waals surface area (Å²) in [5.74, 6) is 2.09. The van der Waals surface area contributed by atoms with E-state index in [2.05, 4.69) is 10.3 Å². The average Bonchev–Trinajstić information content (AvgIpc) is 2.88. The maximum Gasteiger partial charge on any atom is 0.228 e. The highest BCUT2D eigenvalue weighted by Gasteiger charge is 2.10. The Kier molecular flexibility index (Phi) is 4.61. The second kappa shape index (κ2) is 6.84. The van der Waals surface area contributed by atoms with Gasteiger partial charge in [-0.1, -0.05) is 6.07 Å². The van der Waals surface area contributed by atoms with Gasteiger partial charge in [-0.15, -0.1) is 0 Å². The SMILES string of the molecule is COc1ccc(CC(=O)Nc2ccc3c(c2)nc(C)n3C)cc1OC. The van der Waals surface area contributed by atoms with Gasteiger partial charge in [0.25, 0.3) is 0 Å². The van der Waals surface area contributed by atoms with Crippen molar-refractivity contribution in [2.75, 3.05) is 19.5 Å². The van der Waals surface area contributed by atoms with E-state index in [-0.39, 0.29) is 12.3 Å². The number of carbonyl (C=O) groups is 1. The molecule has 1 N–H and O–H groups in total. The third kappa shape index (κ3) is 3.42. The van der Waals surface area contributed by atoms with Crippen molar-refractivity contribution in [3.05, 3.63) is 47.8 Å². The lowest BCUT2D eigenvalue weighted by Gasteiger charge is -2.10. The average molecular weight is 339 g/mol. The Hall–Kier alpha value is -3.02. The van der Waals surface area contributed by atoms with E-state index in [1.807, 2.05) is 48.9 Å². The molecule has 0 saturated heterocycles. The van der Waals surface area contributed by atoms with Crippen LogP contribution >= 0.6 is 0 Å². The van der Waals surface area contributed by atoms with Gasteiger partial charge < -0.3 is 19.4 Å². The lowest BCUT2D eigenvalue weighted by atomic mass is 10.1. The summed E-state index contributed by atoms with van der Waals surface area (Å²) in [6, 6.07) is 11.2. The number of amides is 1. The van der Waals surface area contributed by atoms with Crippen LogP contribution in [-0.4, -0.2) is 29.7 Å². The third-order valence-electron chi connectivity index (χ3n) is 4.20. The van der Waals surface area contributed by atoms with Gasteiger partial charge in [0.05, 0.1) is 31.7 Å². The molecule has 6 heteroatoms. The van der Waals surface area contributed by atoms with Crippen LogP contribution in [0.4, 0.5) is 5.69 Å². The number of anilines is 1. The fraction of sp³-hybridized carbons (Fsp3) is 0.263. The minimum atomic E-state index is -0.0979. The first-order valence-electron chi connectivity index (χ1n) is 7.95. The van der Waals surface area contributed by atoms with Crippen LogP contribution in [0.15, 0.2) is 36.4 Å². The molecule has 0 spiro atoms. The maximum atomic E-state index is 12.3. The van der Waals surface area contributed by atoms with E-state index in [0.717, 1.165) is 28.1 Å². The van der Waals surface area contributed by atoms with E-state index in [1.54, 1.807) is 20.3 Å². The molecule has 25 heavy (non-hydrogen) atoms. The summed E-state index contributed by atoms with van der Waals surface area (Å²) in [6.07, 6.45) is 0.250. The van der Waals surface area contributed by atoms with Gasteiger partial charge in [-0.25, -0.2) is 4.98 Å². The summed E-state index contributed by atoms with van der Waals surface area (Å²) in [5, 5.41) is 2.92. The van der Waals surface area contributed by atoms with Crippen LogP contribution in [0, 0.1) is 6.92 Å². The molecule has 3 rings (SSSR count). The molecule has 0 aliphatic carbocycles. The van der Waals surface area contributed by atoms with Crippen molar-refractivity contribution < 1.29 is 14.3 Å². The highest BCUT2D eigenvalue weighted by Crippen LogP contribution is 2.28. The second-order valence-electron chi connectivity index (χ2n) is 5.84. The summed E-state index contributed by atoms with van der Waals surface area (Å²) >= 11 is 0. The number of benzene rings is 2. The van der Waals surface area contributed by atoms with Crippen LogP contribution < -0.4 is 14.8 Å². The number of nitrogens with one attached hydrogen (secondary N) is 1. The molecule has 0 unspecified atom stereocenters. The monoisotopic (exact) mass is 339 g/mol. The van der Waals surface area contributed by atoms with Gasteiger partial charge in [0, 0.05) is 12.7 Å². The van der Waals surface area contributed by atoms with Crippen LogP contribution in [0.5, 0.6) is 11.5 Å². The number of fused-ring (bicyclic) bond motifs is 1. The van der Waals surface area contributed by atoms with Crippen molar-refractivity contribution in [2.45, 2.75) is 13.3 Å². The molecule has 130 valence electrons. The minimum Gasteiger partial charge on any atom is -0.493 e. The van der Waals surface area contributed by atoms with Crippen molar-refractivity contribution in [3.63, 3.8) is 0 Å². The summed E-state index contributed by atoms with van der Waals surface area (Å²) in [4.78, 5) is 16.8. The summed E-state index contributed by atoms with van der Waals surface area (Å²) < 4.78 is 12.5. The second-order valence-corrected chi connectivity index (χ2v) is 5.84. The van der Waals surface area contributed by atoms with E-state index in [4.69, 9.17) is 9.47 Å². The molecule has 0 radical (unpaired) electrons. The number of nitrogens with zero attached hydrogens (tertiary/aromatic N) is 2. The Labute approximate surface area is 146 Å². The molecule has 1 heterocycles. The summed E-state index contributed by atoms with van der Waals surface area (Å²) in [6.45, 7) is 1.95. The molecule has 0 aliphatic rings. The van der Waals surface area contributed by atoms with E-state index in [9.17, 15) is 4.79 Å². The van der Waals surface area contributed by atoms with Crippen LogP contribution in [-0.2, 0) is 18.3 Å². The molecular weight excluding hydrogens is 318 g/mol. The molecule has 3 aromatic rings. The van der Waals surface area contributed by atoms with Crippen molar-refractivity contribution in [1.82, 2.24) is 9.55 Å². The molecular formula is C19H21N3O3. The Morgan fingerprint density at radius 2 is 1.88 bits per heavy atom. The largest absolute Gasteiger partial charge is 0.493 e. The fourth-order valence-electron chi connectivity index (χ4n) is 2.78. The smallest absolute Gasteiger partial charge is 0.228 e. The van der Waals surface area contributed by atoms with Gasteiger partial charge in [-0.3, -0.25) is 4.79 Å². The molecule has 0 atom stereocenters. The Morgan fingerprint density at radius 3 is 2.60 bits per heavy atom. The predicted molar refractivity (Wildman–Crippen MR) is 97.3 cm³/mol. The van der Waals surface area contributed by atoms with Gasteiger partial charge in [0.1, 0.15) is 5.82 Å². The highest BCUT2D eigenvalue weighted by atomic mass is 16.5. The zero-order valence-electron chi connectivity index (χ0n) is 14.8. The van der Waals surface area contributed by atoms with Gasteiger partial charge >= 0.3 is 0 Å². The molecule has 0 aliphatic heterocycles. The van der Waals surface area contributed by atoms with Crippen molar-refractivity contribution in [1.29, 1.82) is 0 Å². The number of hydrogen-bond donors (Lipinski definition) is 1. The number of hydrogen-bond acceptors (Lipinski definition) is 4. The maximum absolute atomic E-state index is 12.3. The molecule has 1 amide bonds. The van der Waals surface area contributed by atoms with Crippen LogP contribution in [0.1, 0.15) is 11.4 Å². The predicted octanol–water partition coefficient (Wildman–Crippen LogP) is 3.08. The van der Waals surface area contributed by atoms with E-state index in [1.165, 1.54) is 0 Å². The van der Waals surface area contributed by atoms with E-state index >= 15 is 0 Å². The van der Waals surface area contributed by atoms with Crippen molar-refractivity contribution in [2.24, 2.45) is 7.05 Å². The first-order chi connectivity index (χ1) is 12.0. The molecule has 1 aromatic heterocycles. The Balaban J connectivity index is 1.74. The zero-order valence-corrected chi connectivity index (χ0v) is 14.8. The Bertz CT molecular complexity index is 931. The number of methoxy groups -OCH3 is 2. The number of aryl methyl sites for hydroxylation is 2. The number of imidazole rings is 1. The molecule has 6 nitrogen and oxygen atoms in total. The topological polar surface area (TPSA) is 65.4 Å². The van der Waals surface area contributed by atoms with Gasteiger partial charge in [-0.05, 0) is 42.8 Å². The number of aromatic nitrogens is 2. The Morgan fingerprint density at radius 1 is 1.12 bits per heavy atom. The molecule has 2 aromatic carbocycles. The van der Waals surface area contributed by atoms with Crippen molar-refractivity contribution >= 4 is 22.6 Å². The molecule has 0 fully saturated rings. The van der Waals surface area contributed by atoms with Gasteiger partial charge in [0.2, 0.25) is 5.91 Å². The standard InChI is InChI=1S/C19H21N3O3/c1-12-20-15-11-14(6-7-16(15)22(12)2)21-19(23)10-13-5-8-17(24-3)18(9-13)25-4/h5-9,11H,10H2,1-4H3,(H,21,23). The summed E-state index contributed by atoms with van der Waals surface area (Å²) in [7, 11) is 5.13. The van der Waals surface area contributed by atoms with Crippen molar-refractivity contribution in [3.8, 4) is 11.5 Å². The lowest BCUT2D eigenvalue weighted by molar-refractivity contribution is -0.115. The third-order valence-corrected chi connectivity index (χ3v) is 4.20. The van der Waals surface area contributed by atoms with Crippen LogP contribution in [0.2, 0.25) is 0 Å². The summed E-state index contributed by atoms with van der Waals surface area (Å²) in [5.41, 5.74) is 3.49. The first kappa shape index (κ1) is 16.8. The number of ether oxygens (including phenoxy) is 2. The first-order valence-corrected chi connectivity index (χ1v) is 7.95. The number of rotatable bonds is 5. The lowest BCUT2D eigenvalue weighted by Crippen LogP contribution is -2.14. The normalized spacial score (nSPS) is 10.7. The number of carbonyl (C=O) groups excluding carboxylic acids is 1. The van der Waals surface area contributed by atoms with Gasteiger partial charge in [0.15, 0.2) is 11.5 Å². The quantitative estimate of drug-likeness (QED) is 0.776. The van der Waals surface area contributed by atoms with E-state index in [0.29, 0.717) is 11.5 Å².